The zero-order valence-electron chi connectivity index (χ0n) is 4.94. The first kappa shape index (κ1) is 6.22. The average Bonchev–Trinajstić information content (AvgIpc) is 1.60. The molecule has 0 amide bonds. The molecule has 0 radical (unpaired) electrons. The maximum absolute atomic E-state index is 12.6. The van der Waals surface area contributed by atoms with Crippen molar-refractivity contribution in [3.63, 3.8) is 0 Å². The minimum Gasteiger partial charge on any atom is -0.182 e. The summed E-state index contributed by atoms with van der Waals surface area (Å²) in [5.41, 5.74) is 1.93. The Morgan fingerprint density at radius 2 is 2.33 bits per heavy atom. The van der Waals surface area contributed by atoms with E-state index < -0.39 is 10.8 Å². The summed E-state index contributed by atoms with van der Waals surface area (Å²) in [5.74, 6) is -0.664. The number of nitrogens with one attached hydrogen (secondary N) is 1. The Kier molecular flexibility index (Phi) is 1.25. The molecule has 1 aliphatic heterocycles. The van der Waals surface area contributed by atoms with Crippen LogP contribution >= 0.6 is 0 Å². The molecule has 1 atom stereocenters. The second kappa shape index (κ2) is 1.80. The quantitative estimate of drug-likeness (QED) is 0.386. The molecule has 9 heavy (non-hydrogen) atoms. The summed E-state index contributed by atoms with van der Waals surface area (Å²) in [6, 6.07) is 0. The van der Waals surface area contributed by atoms with E-state index in [1.165, 1.54) is 19.3 Å². The number of quaternary nitrogens is 1. The summed E-state index contributed by atoms with van der Waals surface area (Å²) >= 11 is 0. The van der Waals surface area contributed by atoms with Crippen LogP contribution in [0.3, 0.4) is 0 Å². The summed E-state index contributed by atoms with van der Waals surface area (Å²) in [6.45, 7) is 0. The zero-order valence-corrected chi connectivity index (χ0v) is 4.94. The zero-order chi connectivity index (χ0) is 6.91. The van der Waals surface area contributed by atoms with Crippen LogP contribution < -0.4 is 5.43 Å². The number of allylic oxidation sites excluding steroid dienone is 2. The van der Waals surface area contributed by atoms with Crippen LogP contribution in [0.2, 0.25) is 0 Å². The van der Waals surface area contributed by atoms with Crippen molar-refractivity contribution in [2.75, 3.05) is 7.05 Å². The minimum atomic E-state index is -1.14. The van der Waals surface area contributed by atoms with Crippen LogP contribution in [0, 0.1) is 0 Å². The molecule has 1 heterocycles. The number of hydrogen-bond acceptors (Lipinski definition) is 1. The molecule has 0 aromatic heterocycles. The molecule has 0 saturated carbocycles. The Bertz CT molecular complexity index is 172. The Balaban J connectivity index is 2.73. The first-order valence-electron chi connectivity index (χ1n) is 2.49. The average molecular weight is 133 g/mol. The molecule has 0 aromatic carbocycles. The van der Waals surface area contributed by atoms with Gasteiger partial charge in [0.05, 0.1) is 0 Å². The summed E-state index contributed by atoms with van der Waals surface area (Å²) < 4.78 is 24.7. The lowest BCUT2D eigenvalue weighted by atomic mass is 10.5. The monoisotopic (exact) mass is 133 g/mol. The third kappa shape index (κ3) is 1.50. The summed E-state index contributed by atoms with van der Waals surface area (Å²) in [7, 11) is 1.18. The second-order valence-electron chi connectivity index (χ2n) is 1.93. The molecule has 1 rings (SSSR count). The van der Waals surface area contributed by atoms with Gasteiger partial charge in [-0.25, -0.2) is 0 Å². The van der Waals surface area contributed by atoms with Gasteiger partial charge in [-0.1, -0.05) is 0 Å². The lowest BCUT2D eigenvalue weighted by molar-refractivity contribution is -1.03. The lowest BCUT2D eigenvalue weighted by Crippen LogP contribution is -2.42. The van der Waals surface area contributed by atoms with Crippen LogP contribution in [-0.2, 0) is 0 Å². The molecular weight excluding hydrogens is 126 g/mol. The van der Waals surface area contributed by atoms with Crippen LogP contribution in [-0.4, -0.2) is 11.9 Å². The van der Waals surface area contributed by atoms with E-state index in [2.05, 4.69) is 0 Å². The van der Waals surface area contributed by atoms with Crippen molar-refractivity contribution < 1.29 is 13.7 Å². The molecular formula is C5H7F2N2+. The van der Waals surface area contributed by atoms with E-state index in [1.54, 1.807) is 0 Å². The molecule has 4 heteroatoms. The lowest BCUT2D eigenvalue weighted by Gasteiger charge is -2.17. The maximum atomic E-state index is 12.6. The summed E-state index contributed by atoms with van der Waals surface area (Å²) in [4.78, 5) is -1.14. The molecule has 0 bridgehead atoms. The van der Waals surface area contributed by atoms with Crippen molar-refractivity contribution >= 4 is 0 Å². The van der Waals surface area contributed by atoms with Crippen LogP contribution in [0.1, 0.15) is 0 Å². The highest BCUT2D eigenvalue weighted by Gasteiger charge is 2.21. The van der Waals surface area contributed by atoms with Gasteiger partial charge in [0.1, 0.15) is 7.05 Å². The largest absolute Gasteiger partial charge is 0.236 e. The summed E-state index contributed by atoms with van der Waals surface area (Å²) in [5, 5.41) is 0. The standard InChI is InChI=1S/C5H7F2N2/c1-9(7)4-2-3-5(6)8-9/h2-4,8H,1H3/q+1. The Labute approximate surface area is 51.6 Å². The Hall–Kier alpha value is -0.900. The van der Waals surface area contributed by atoms with Crippen LogP contribution in [0.4, 0.5) is 8.87 Å². The summed E-state index contributed by atoms with van der Waals surface area (Å²) in [6.07, 6.45) is 3.65. The third-order valence-corrected chi connectivity index (χ3v) is 0.934. The Morgan fingerprint density at radius 3 is 2.67 bits per heavy atom. The maximum Gasteiger partial charge on any atom is 0.236 e. The van der Waals surface area contributed by atoms with Crippen molar-refractivity contribution in [3.05, 3.63) is 24.3 Å². The molecule has 1 aliphatic rings. The van der Waals surface area contributed by atoms with Gasteiger partial charge >= 0.3 is 0 Å². The molecule has 1 N–H and O–H groups in total. The van der Waals surface area contributed by atoms with E-state index in [0.717, 1.165) is 6.08 Å². The highest BCUT2D eigenvalue weighted by atomic mass is 19.2. The topological polar surface area (TPSA) is 12.0 Å². The molecule has 1 unspecified atom stereocenters. The van der Waals surface area contributed by atoms with Gasteiger partial charge in [-0.05, 0) is 4.81 Å². The van der Waals surface area contributed by atoms with Crippen LogP contribution in [0.15, 0.2) is 24.3 Å². The SMILES string of the molecule is C[N+]1(F)C=CC=C(F)N1. The van der Waals surface area contributed by atoms with Gasteiger partial charge in [0, 0.05) is 16.6 Å². The van der Waals surface area contributed by atoms with E-state index >= 15 is 0 Å². The normalized spacial score (nSPS) is 33.4. The van der Waals surface area contributed by atoms with Gasteiger partial charge in [-0.2, -0.15) is 9.82 Å². The van der Waals surface area contributed by atoms with Gasteiger partial charge in [0.2, 0.25) is 5.95 Å². The van der Waals surface area contributed by atoms with Gasteiger partial charge in [0.25, 0.3) is 0 Å². The van der Waals surface area contributed by atoms with Crippen molar-refractivity contribution in [2.45, 2.75) is 0 Å². The first-order chi connectivity index (χ1) is 4.10. The molecule has 0 fully saturated rings. The predicted octanol–water partition coefficient (Wildman–Crippen LogP) is 1.16. The van der Waals surface area contributed by atoms with Crippen molar-refractivity contribution in [1.82, 2.24) is 5.43 Å². The van der Waals surface area contributed by atoms with Crippen molar-refractivity contribution in [3.8, 4) is 0 Å². The molecule has 0 aromatic rings. The number of rotatable bonds is 0. The fraction of sp³-hybridized carbons (Fsp3) is 0.200. The van der Waals surface area contributed by atoms with Crippen LogP contribution in [0.5, 0.6) is 0 Å². The smallest absolute Gasteiger partial charge is 0.182 e. The van der Waals surface area contributed by atoms with Gasteiger partial charge in [-0.15, -0.1) is 0 Å². The number of nitrogens with zero attached hydrogens (tertiary/aromatic N) is 1. The van der Waals surface area contributed by atoms with Crippen LogP contribution in [0.25, 0.3) is 0 Å². The highest BCUT2D eigenvalue weighted by molar-refractivity contribution is 5.04. The van der Waals surface area contributed by atoms with E-state index in [9.17, 15) is 8.87 Å². The number of halogens is 2. The van der Waals surface area contributed by atoms with Crippen molar-refractivity contribution in [2.24, 2.45) is 0 Å². The van der Waals surface area contributed by atoms with E-state index in [4.69, 9.17) is 0 Å². The van der Waals surface area contributed by atoms with Gasteiger partial charge in [0.15, 0.2) is 6.20 Å². The predicted molar refractivity (Wildman–Crippen MR) is 28.8 cm³/mol. The third-order valence-electron chi connectivity index (χ3n) is 0.934. The second-order valence-corrected chi connectivity index (χ2v) is 1.93. The highest BCUT2D eigenvalue weighted by Crippen LogP contribution is 2.09. The fourth-order valence-electron chi connectivity index (χ4n) is 0.573. The molecule has 0 spiro atoms. The molecule has 2 nitrogen and oxygen atoms in total. The van der Waals surface area contributed by atoms with E-state index in [0.29, 0.717) is 0 Å². The van der Waals surface area contributed by atoms with E-state index in [-0.39, 0.29) is 0 Å². The Morgan fingerprint density at radius 1 is 1.67 bits per heavy atom. The fourth-order valence-corrected chi connectivity index (χ4v) is 0.573. The number of hydrogen-bond donors (Lipinski definition) is 1. The van der Waals surface area contributed by atoms with E-state index in [1.807, 2.05) is 5.43 Å². The molecule has 0 aliphatic carbocycles. The van der Waals surface area contributed by atoms with Gasteiger partial charge < -0.3 is 0 Å². The molecule has 50 valence electrons. The minimum absolute atomic E-state index is 0.664. The first-order valence-corrected chi connectivity index (χ1v) is 2.49. The molecule has 0 saturated heterocycles. The van der Waals surface area contributed by atoms with Gasteiger partial charge in [-0.3, -0.25) is 0 Å². The van der Waals surface area contributed by atoms with Crippen molar-refractivity contribution in [1.29, 1.82) is 0 Å².